The number of likely N-dealkylation sites (tertiary alicyclic amines) is 1. The molecule has 2 aliphatic heterocycles. The van der Waals surface area contributed by atoms with Crippen LogP contribution in [0, 0.1) is 0 Å². The van der Waals surface area contributed by atoms with Gasteiger partial charge >= 0.3 is 0 Å². The van der Waals surface area contributed by atoms with Crippen molar-refractivity contribution in [3.63, 3.8) is 0 Å². The van der Waals surface area contributed by atoms with Gasteiger partial charge in [0.05, 0.1) is 6.04 Å². The first-order valence-corrected chi connectivity index (χ1v) is 6.10. The molecule has 0 bridgehead atoms. The summed E-state index contributed by atoms with van der Waals surface area (Å²) in [6.45, 7) is 5.22. The number of carbonyl (C=O) groups is 1. The second kappa shape index (κ2) is 5.47. The Hall–Kier alpha value is -0.610. The van der Waals surface area contributed by atoms with E-state index >= 15 is 0 Å². The van der Waals surface area contributed by atoms with E-state index < -0.39 is 0 Å². The van der Waals surface area contributed by atoms with Gasteiger partial charge in [-0.2, -0.15) is 0 Å². The van der Waals surface area contributed by atoms with Gasteiger partial charge in [0.1, 0.15) is 0 Å². The molecule has 2 aliphatic rings. The first-order chi connectivity index (χ1) is 7.36. The molecule has 2 saturated heterocycles. The molecule has 1 atom stereocenters. The number of rotatable bonds is 4. The molecule has 86 valence electrons. The van der Waals surface area contributed by atoms with Crippen LogP contribution in [0.25, 0.3) is 0 Å². The average Bonchev–Trinajstić information content (AvgIpc) is 2.90. The van der Waals surface area contributed by atoms with Crippen molar-refractivity contribution < 1.29 is 4.79 Å². The summed E-state index contributed by atoms with van der Waals surface area (Å²) in [5, 5.41) is 6.22. The predicted molar refractivity (Wildman–Crippen MR) is 59.7 cm³/mol. The van der Waals surface area contributed by atoms with Crippen molar-refractivity contribution in [2.24, 2.45) is 0 Å². The minimum Gasteiger partial charge on any atom is -0.353 e. The molecule has 0 aromatic rings. The largest absolute Gasteiger partial charge is 0.353 e. The summed E-state index contributed by atoms with van der Waals surface area (Å²) in [6, 6.07) is 0.0728. The Morgan fingerprint density at radius 2 is 2.13 bits per heavy atom. The van der Waals surface area contributed by atoms with Crippen LogP contribution in [0.4, 0.5) is 0 Å². The van der Waals surface area contributed by atoms with Gasteiger partial charge in [0.15, 0.2) is 0 Å². The van der Waals surface area contributed by atoms with Crippen LogP contribution in [0.3, 0.4) is 0 Å². The third-order valence-electron chi connectivity index (χ3n) is 3.30. The van der Waals surface area contributed by atoms with E-state index in [1.807, 2.05) is 0 Å². The van der Waals surface area contributed by atoms with Gasteiger partial charge in [-0.1, -0.05) is 0 Å². The maximum Gasteiger partial charge on any atom is 0.237 e. The van der Waals surface area contributed by atoms with Gasteiger partial charge in [0.2, 0.25) is 5.91 Å². The fourth-order valence-electron chi connectivity index (χ4n) is 2.37. The fourth-order valence-corrected chi connectivity index (χ4v) is 2.37. The van der Waals surface area contributed by atoms with Gasteiger partial charge in [0, 0.05) is 13.1 Å². The predicted octanol–water partition coefficient (Wildman–Crippen LogP) is -0.0496. The van der Waals surface area contributed by atoms with Crippen molar-refractivity contribution in [1.82, 2.24) is 15.5 Å². The second-order valence-electron chi connectivity index (χ2n) is 4.49. The van der Waals surface area contributed by atoms with Crippen LogP contribution in [0.1, 0.15) is 25.7 Å². The SMILES string of the molecule is O=C(NCCN1CCCC1)[C@H]1CCCN1. The van der Waals surface area contributed by atoms with Crippen molar-refractivity contribution in [2.75, 3.05) is 32.7 Å². The first kappa shape index (κ1) is 10.9. The van der Waals surface area contributed by atoms with Gasteiger partial charge in [-0.15, -0.1) is 0 Å². The van der Waals surface area contributed by atoms with Crippen LogP contribution in [-0.4, -0.2) is 49.6 Å². The highest BCUT2D eigenvalue weighted by atomic mass is 16.2. The van der Waals surface area contributed by atoms with E-state index in [1.165, 1.54) is 25.9 Å². The second-order valence-corrected chi connectivity index (χ2v) is 4.49. The first-order valence-electron chi connectivity index (χ1n) is 6.10. The monoisotopic (exact) mass is 211 g/mol. The molecule has 0 spiro atoms. The van der Waals surface area contributed by atoms with Gasteiger partial charge in [-0.3, -0.25) is 4.79 Å². The molecule has 0 aliphatic carbocycles. The number of amides is 1. The van der Waals surface area contributed by atoms with E-state index in [1.54, 1.807) is 0 Å². The number of nitrogens with zero attached hydrogens (tertiary/aromatic N) is 1. The smallest absolute Gasteiger partial charge is 0.237 e. The minimum atomic E-state index is 0.0728. The third-order valence-corrected chi connectivity index (χ3v) is 3.30. The lowest BCUT2D eigenvalue weighted by atomic mass is 10.2. The molecule has 2 heterocycles. The number of carbonyl (C=O) groups excluding carboxylic acids is 1. The Morgan fingerprint density at radius 3 is 2.80 bits per heavy atom. The molecule has 0 aromatic carbocycles. The van der Waals surface area contributed by atoms with Crippen LogP contribution in [0.2, 0.25) is 0 Å². The Bertz CT molecular complexity index is 208. The van der Waals surface area contributed by atoms with E-state index in [0.717, 1.165) is 32.5 Å². The highest BCUT2D eigenvalue weighted by molar-refractivity contribution is 5.81. The highest BCUT2D eigenvalue weighted by Gasteiger charge is 2.21. The van der Waals surface area contributed by atoms with Crippen LogP contribution in [0.15, 0.2) is 0 Å². The van der Waals surface area contributed by atoms with Crippen molar-refractivity contribution in [1.29, 1.82) is 0 Å². The van der Waals surface area contributed by atoms with Crippen molar-refractivity contribution in [3.05, 3.63) is 0 Å². The average molecular weight is 211 g/mol. The Balaban J connectivity index is 1.58. The zero-order chi connectivity index (χ0) is 10.5. The van der Waals surface area contributed by atoms with Gasteiger partial charge in [0.25, 0.3) is 0 Å². The van der Waals surface area contributed by atoms with E-state index in [9.17, 15) is 4.79 Å². The fraction of sp³-hybridized carbons (Fsp3) is 0.909. The minimum absolute atomic E-state index is 0.0728. The molecule has 0 aromatic heterocycles. The Labute approximate surface area is 91.4 Å². The Morgan fingerprint density at radius 1 is 1.33 bits per heavy atom. The van der Waals surface area contributed by atoms with E-state index in [-0.39, 0.29) is 11.9 Å². The molecule has 2 N–H and O–H groups in total. The van der Waals surface area contributed by atoms with Gasteiger partial charge in [-0.05, 0) is 45.3 Å². The zero-order valence-corrected chi connectivity index (χ0v) is 9.30. The highest BCUT2D eigenvalue weighted by Crippen LogP contribution is 2.06. The molecule has 4 nitrogen and oxygen atoms in total. The lowest BCUT2D eigenvalue weighted by Crippen LogP contribution is -2.43. The topological polar surface area (TPSA) is 44.4 Å². The molecule has 1 amide bonds. The van der Waals surface area contributed by atoms with Crippen LogP contribution in [0.5, 0.6) is 0 Å². The summed E-state index contributed by atoms with van der Waals surface area (Å²) in [6.07, 6.45) is 4.76. The van der Waals surface area contributed by atoms with E-state index in [2.05, 4.69) is 15.5 Å². The maximum atomic E-state index is 11.6. The Kier molecular flexibility index (Phi) is 3.97. The molecule has 2 fully saturated rings. The summed E-state index contributed by atoms with van der Waals surface area (Å²) >= 11 is 0. The lowest BCUT2D eigenvalue weighted by Gasteiger charge is -2.16. The van der Waals surface area contributed by atoms with Gasteiger partial charge in [-0.25, -0.2) is 0 Å². The van der Waals surface area contributed by atoms with Crippen molar-refractivity contribution in [3.8, 4) is 0 Å². The number of hydrogen-bond donors (Lipinski definition) is 2. The van der Waals surface area contributed by atoms with Gasteiger partial charge < -0.3 is 15.5 Å². The summed E-state index contributed by atoms with van der Waals surface area (Å²) in [5.74, 6) is 0.187. The molecule has 15 heavy (non-hydrogen) atoms. The quantitative estimate of drug-likeness (QED) is 0.685. The van der Waals surface area contributed by atoms with E-state index in [4.69, 9.17) is 0 Å². The van der Waals surface area contributed by atoms with Crippen molar-refractivity contribution in [2.45, 2.75) is 31.7 Å². The molecule has 0 radical (unpaired) electrons. The zero-order valence-electron chi connectivity index (χ0n) is 9.30. The standard InChI is InChI=1S/C11H21N3O/c15-11(10-4-3-5-12-10)13-6-9-14-7-1-2-8-14/h10,12H,1-9H2,(H,13,15)/t10-/m1/s1. The molecular formula is C11H21N3O. The summed E-state index contributed by atoms with van der Waals surface area (Å²) in [7, 11) is 0. The summed E-state index contributed by atoms with van der Waals surface area (Å²) in [4.78, 5) is 14.0. The molecular weight excluding hydrogens is 190 g/mol. The summed E-state index contributed by atoms with van der Waals surface area (Å²) < 4.78 is 0. The molecule has 4 heteroatoms. The lowest BCUT2D eigenvalue weighted by molar-refractivity contribution is -0.122. The molecule has 0 unspecified atom stereocenters. The maximum absolute atomic E-state index is 11.6. The van der Waals surface area contributed by atoms with Crippen LogP contribution < -0.4 is 10.6 Å². The third kappa shape index (κ3) is 3.18. The normalized spacial score (nSPS) is 27.1. The molecule has 0 saturated carbocycles. The molecule has 2 rings (SSSR count). The van der Waals surface area contributed by atoms with Crippen molar-refractivity contribution >= 4 is 5.91 Å². The van der Waals surface area contributed by atoms with Crippen LogP contribution >= 0.6 is 0 Å². The summed E-state index contributed by atoms with van der Waals surface area (Å²) in [5.41, 5.74) is 0. The number of nitrogens with one attached hydrogen (secondary N) is 2. The van der Waals surface area contributed by atoms with E-state index in [0.29, 0.717) is 0 Å². The number of hydrogen-bond acceptors (Lipinski definition) is 3. The van der Waals surface area contributed by atoms with Crippen LogP contribution in [-0.2, 0) is 4.79 Å².